The monoisotopic (exact) mass is 337 g/mol. The second kappa shape index (κ2) is 7.57. The second-order valence-electron chi connectivity index (χ2n) is 3.89. The van der Waals surface area contributed by atoms with Crippen LogP contribution in [0.2, 0.25) is 0 Å². The van der Waals surface area contributed by atoms with Crippen LogP contribution in [0.4, 0.5) is 13.2 Å². The summed E-state index contributed by atoms with van der Waals surface area (Å²) in [4.78, 5) is 11.3. The van der Waals surface area contributed by atoms with Gasteiger partial charge in [-0.15, -0.1) is 11.6 Å². The average Bonchev–Trinajstić information content (AvgIpc) is 2.38. The van der Waals surface area contributed by atoms with Crippen LogP contribution in [-0.4, -0.2) is 18.1 Å². The molecule has 1 aromatic rings. The molecule has 0 saturated carbocycles. The van der Waals surface area contributed by atoms with Crippen LogP contribution in [0.5, 0.6) is 0 Å². The Morgan fingerprint density at radius 2 is 2.10 bits per heavy atom. The van der Waals surface area contributed by atoms with E-state index < -0.39 is 11.5 Å². The van der Waals surface area contributed by atoms with Gasteiger partial charge in [-0.05, 0) is 41.9 Å². The van der Waals surface area contributed by atoms with Gasteiger partial charge in [0.15, 0.2) is 0 Å². The fourth-order valence-electron chi connectivity index (χ4n) is 1.61. The van der Waals surface area contributed by atoms with Crippen molar-refractivity contribution >= 4 is 29.3 Å². The van der Waals surface area contributed by atoms with Gasteiger partial charge in [0.1, 0.15) is 0 Å². The number of halogens is 4. The molecule has 0 bridgehead atoms. The quantitative estimate of drug-likeness (QED) is 0.462. The Balaban J connectivity index is 3.23. The Hall–Kier alpha value is -1.39. The maximum atomic E-state index is 12.6. The highest BCUT2D eigenvalue weighted by molar-refractivity contribution is 8.00. The zero-order valence-electron chi connectivity index (χ0n) is 11.0. The van der Waals surface area contributed by atoms with Crippen LogP contribution in [0.25, 0.3) is 0 Å². The van der Waals surface area contributed by atoms with Crippen LogP contribution in [0.15, 0.2) is 17.0 Å². The summed E-state index contributed by atoms with van der Waals surface area (Å²) in [7, 11) is 0. The normalized spacial score (nSPS) is 11.0. The van der Waals surface area contributed by atoms with Gasteiger partial charge in [-0.1, -0.05) is 0 Å². The van der Waals surface area contributed by atoms with Crippen LogP contribution >= 0.6 is 23.4 Å². The van der Waals surface area contributed by atoms with E-state index in [-0.39, 0.29) is 46.7 Å². The van der Waals surface area contributed by atoms with Gasteiger partial charge in [0.25, 0.3) is 0 Å². The predicted octanol–water partition coefficient (Wildman–Crippen LogP) is 4.01. The number of hydrogen-bond donors (Lipinski definition) is 0. The molecule has 0 fully saturated rings. The smallest absolute Gasteiger partial charge is 0.446 e. The number of nitriles is 1. The second-order valence-corrected chi connectivity index (χ2v) is 5.27. The number of esters is 1. The standard InChI is InChI=1S/C13H11ClF3NO2S/c1-2-20-12(19)5-8-3-10(7-18)9(6-14)4-11(8)21-13(15,16)17/h3-4H,2,5-6H2,1H3. The Morgan fingerprint density at radius 1 is 1.43 bits per heavy atom. The number of thioether (sulfide) groups is 1. The molecular formula is C13H11ClF3NO2S. The minimum Gasteiger partial charge on any atom is -0.466 e. The van der Waals surface area contributed by atoms with E-state index in [1.54, 1.807) is 6.92 Å². The Bertz CT molecular complexity index is 570. The van der Waals surface area contributed by atoms with E-state index in [0.717, 1.165) is 0 Å². The molecule has 0 unspecified atom stereocenters. The molecule has 0 amide bonds. The third kappa shape index (κ3) is 5.48. The number of ether oxygens (including phenoxy) is 1. The van der Waals surface area contributed by atoms with Crippen molar-refractivity contribution in [2.45, 2.75) is 29.6 Å². The van der Waals surface area contributed by atoms with Crippen molar-refractivity contribution in [1.82, 2.24) is 0 Å². The van der Waals surface area contributed by atoms with Crippen molar-refractivity contribution in [3.05, 3.63) is 28.8 Å². The fourth-order valence-corrected chi connectivity index (χ4v) is 2.54. The van der Waals surface area contributed by atoms with Crippen LogP contribution in [0, 0.1) is 11.3 Å². The highest BCUT2D eigenvalue weighted by Crippen LogP contribution is 2.40. The van der Waals surface area contributed by atoms with Gasteiger partial charge in [-0.25, -0.2) is 0 Å². The summed E-state index contributed by atoms with van der Waals surface area (Å²) in [5, 5.41) is 8.98. The van der Waals surface area contributed by atoms with Crippen molar-refractivity contribution in [2.75, 3.05) is 6.61 Å². The van der Waals surface area contributed by atoms with Crippen LogP contribution < -0.4 is 0 Å². The molecule has 0 heterocycles. The van der Waals surface area contributed by atoms with Gasteiger partial charge in [0.05, 0.1) is 24.7 Å². The van der Waals surface area contributed by atoms with E-state index in [4.69, 9.17) is 21.6 Å². The third-order valence-corrected chi connectivity index (χ3v) is 3.54. The first kappa shape index (κ1) is 17.7. The lowest BCUT2D eigenvalue weighted by Gasteiger charge is -2.13. The number of alkyl halides is 4. The van der Waals surface area contributed by atoms with Gasteiger partial charge in [0, 0.05) is 10.8 Å². The van der Waals surface area contributed by atoms with Gasteiger partial charge in [-0.3, -0.25) is 4.79 Å². The third-order valence-electron chi connectivity index (χ3n) is 2.42. The lowest BCUT2D eigenvalue weighted by molar-refractivity contribution is -0.142. The Morgan fingerprint density at radius 3 is 2.57 bits per heavy atom. The van der Waals surface area contributed by atoms with Crippen molar-refractivity contribution in [2.24, 2.45) is 0 Å². The maximum absolute atomic E-state index is 12.6. The van der Waals surface area contributed by atoms with Gasteiger partial charge in [-0.2, -0.15) is 18.4 Å². The lowest BCUT2D eigenvalue weighted by atomic mass is 10.0. The van der Waals surface area contributed by atoms with Crippen LogP contribution in [0.1, 0.15) is 23.6 Å². The fraction of sp³-hybridized carbons (Fsp3) is 0.385. The number of carbonyl (C=O) groups excluding carboxylic acids is 1. The molecular weight excluding hydrogens is 327 g/mol. The lowest BCUT2D eigenvalue weighted by Crippen LogP contribution is -2.10. The van der Waals surface area contributed by atoms with E-state index in [9.17, 15) is 18.0 Å². The molecule has 0 aliphatic rings. The molecule has 1 rings (SSSR count). The van der Waals surface area contributed by atoms with E-state index in [1.807, 2.05) is 6.07 Å². The molecule has 0 aromatic heterocycles. The van der Waals surface area contributed by atoms with E-state index in [0.29, 0.717) is 5.56 Å². The summed E-state index contributed by atoms with van der Waals surface area (Å²) in [6, 6.07) is 4.30. The molecule has 0 aliphatic heterocycles. The number of benzene rings is 1. The zero-order valence-corrected chi connectivity index (χ0v) is 12.5. The summed E-state index contributed by atoms with van der Waals surface area (Å²) in [5.74, 6) is -0.738. The molecule has 8 heteroatoms. The maximum Gasteiger partial charge on any atom is 0.446 e. The zero-order chi connectivity index (χ0) is 16.0. The molecule has 0 aliphatic carbocycles. The van der Waals surface area contributed by atoms with Crippen molar-refractivity contribution in [3.63, 3.8) is 0 Å². The molecule has 3 nitrogen and oxygen atoms in total. The minimum absolute atomic E-state index is 0.0893. The number of carbonyl (C=O) groups is 1. The first-order valence-corrected chi connectivity index (χ1v) is 7.19. The van der Waals surface area contributed by atoms with Crippen molar-refractivity contribution in [1.29, 1.82) is 5.26 Å². The van der Waals surface area contributed by atoms with Gasteiger partial charge < -0.3 is 4.74 Å². The van der Waals surface area contributed by atoms with E-state index in [2.05, 4.69) is 0 Å². The van der Waals surface area contributed by atoms with Crippen LogP contribution in [0.3, 0.4) is 0 Å². The molecule has 1 aromatic carbocycles. The Kier molecular flexibility index (Phi) is 6.37. The minimum atomic E-state index is -4.50. The number of hydrogen-bond acceptors (Lipinski definition) is 4. The largest absolute Gasteiger partial charge is 0.466 e. The molecule has 0 spiro atoms. The highest BCUT2D eigenvalue weighted by atomic mass is 35.5. The predicted molar refractivity (Wildman–Crippen MR) is 73.0 cm³/mol. The summed E-state index contributed by atoms with van der Waals surface area (Å²) < 4.78 is 42.4. The van der Waals surface area contributed by atoms with Crippen molar-refractivity contribution < 1.29 is 22.7 Å². The first-order valence-electron chi connectivity index (χ1n) is 5.84. The SMILES string of the molecule is CCOC(=O)Cc1cc(C#N)c(CCl)cc1SC(F)(F)F. The average molecular weight is 338 g/mol. The van der Waals surface area contributed by atoms with E-state index >= 15 is 0 Å². The van der Waals surface area contributed by atoms with Crippen molar-refractivity contribution in [3.8, 4) is 6.07 Å². The van der Waals surface area contributed by atoms with Gasteiger partial charge in [0.2, 0.25) is 0 Å². The molecule has 0 radical (unpaired) electrons. The highest BCUT2D eigenvalue weighted by Gasteiger charge is 2.31. The molecule has 0 N–H and O–H groups in total. The number of nitrogens with zero attached hydrogens (tertiary/aromatic N) is 1. The van der Waals surface area contributed by atoms with Gasteiger partial charge >= 0.3 is 11.5 Å². The molecule has 114 valence electrons. The molecule has 21 heavy (non-hydrogen) atoms. The van der Waals surface area contributed by atoms with Crippen LogP contribution in [-0.2, 0) is 21.8 Å². The summed E-state index contributed by atoms with van der Waals surface area (Å²) in [5.41, 5.74) is -3.96. The Labute approximate surface area is 129 Å². The topological polar surface area (TPSA) is 50.1 Å². The molecule has 0 saturated heterocycles. The van der Waals surface area contributed by atoms with E-state index in [1.165, 1.54) is 12.1 Å². The molecule has 0 atom stereocenters. The summed E-state index contributed by atoms with van der Waals surface area (Å²) in [6.07, 6.45) is -0.330. The summed E-state index contributed by atoms with van der Waals surface area (Å²) in [6.45, 7) is 1.73. The first-order chi connectivity index (χ1) is 9.80. The number of rotatable bonds is 5. The summed E-state index contributed by atoms with van der Waals surface area (Å²) >= 11 is 5.29.